The van der Waals surface area contributed by atoms with Gasteiger partial charge in [0.05, 0.1) is 32.4 Å². The van der Waals surface area contributed by atoms with E-state index >= 15 is 0 Å². The van der Waals surface area contributed by atoms with Gasteiger partial charge in [0.15, 0.2) is 0 Å². The van der Waals surface area contributed by atoms with Gasteiger partial charge in [-0.25, -0.2) is 0 Å². The number of hydrogen-bond acceptors (Lipinski definition) is 2. The Balaban J connectivity index is 2.34. The third-order valence-electron chi connectivity index (χ3n) is 2.81. The van der Waals surface area contributed by atoms with Crippen LogP contribution < -0.4 is 10.1 Å². The molecular formula is C16H13BrCl3NO2. The second kappa shape index (κ2) is 7.75. The summed E-state index contributed by atoms with van der Waals surface area (Å²) in [5.74, 6) is 0.124. The molecule has 3 nitrogen and oxygen atoms in total. The maximum atomic E-state index is 12.6. The first-order valence-electron chi connectivity index (χ1n) is 6.70. The number of rotatable bonds is 4. The van der Waals surface area contributed by atoms with E-state index in [0.717, 1.165) is 4.47 Å². The number of carbonyl (C=O) groups excluding carboxylic acids is 1. The van der Waals surface area contributed by atoms with Crippen LogP contribution in [0.3, 0.4) is 0 Å². The molecule has 1 N–H and O–H groups in total. The van der Waals surface area contributed by atoms with Crippen LogP contribution in [0.2, 0.25) is 15.1 Å². The van der Waals surface area contributed by atoms with Gasteiger partial charge < -0.3 is 10.1 Å². The molecule has 0 aliphatic carbocycles. The van der Waals surface area contributed by atoms with Crippen molar-refractivity contribution in [2.24, 2.45) is 0 Å². The van der Waals surface area contributed by atoms with Crippen LogP contribution in [-0.2, 0) is 0 Å². The van der Waals surface area contributed by atoms with Crippen LogP contribution in [0.15, 0.2) is 34.8 Å². The Kier molecular flexibility index (Phi) is 6.20. The number of anilines is 1. The van der Waals surface area contributed by atoms with E-state index in [4.69, 9.17) is 39.5 Å². The fourth-order valence-electron chi connectivity index (χ4n) is 1.84. The Morgan fingerprint density at radius 1 is 1.09 bits per heavy atom. The predicted molar refractivity (Wildman–Crippen MR) is 99.3 cm³/mol. The molecule has 7 heteroatoms. The highest BCUT2D eigenvalue weighted by Crippen LogP contribution is 2.33. The lowest BCUT2D eigenvalue weighted by Gasteiger charge is -2.15. The normalized spacial score (nSPS) is 10.7. The topological polar surface area (TPSA) is 38.3 Å². The molecule has 0 fully saturated rings. The van der Waals surface area contributed by atoms with Gasteiger partial charge in [-0.05, 0) is 44.2 Å². The van der Waals surface area contributed by atoms with Crippen LogP contribution in [0.4, 0.5) is 5.69 Å². The van der Waals surface area contributed by atoms with E-state index in [9.17, 15) is 4.79 Å². The van der Waals surface area contributed by atoms with Crippen molar-refractivity contribution >= 4 is 62.3 Å². The fraction of sp³-hybridized carbons (Fsp3) is 0.188. The van der Waals surface area contributed by atoms with Crippen molar-refractivity contribution in [3.05, 3.63) is 55.4 Å². The molecule has 0 bridgehead atoms. The Morgan fingerprint density at radius 2 is 1.74 bits per heavy atom. The SMILES string of the molecule is CC(C)Oc1ccc(Br)cc1C(=O)Nc1cc(Cl)c(Cl)cc1Cl. The molecule has 0 unspecified atom stereocenters. The van der Waals surface area contributed by atoms with Crippen molar-refractivity contribution in [1.82, 2.24) is 0 Å². The summed E-state index contributed by atoms with van der Waals surface area (Å²) in [6.07, 6.45) is -0.0590. The summed E-state index contributed by atoms with van der Waals surface area (Å²) >= 11 is 21.3. The van der Waals surface area contributed by atoms with Gasteiger partial charge in [-0.15, -0.1) is 0 Å². The smallest absolute Gasteiger partial charge is 0.259 e. The minimum absolute atomic E-state index is 0.0590. The number of benzene rings is 2. The van der Waals surface area contributed by atoms with Gasteiger partial charge in [0, 0.05) is 4.47 Å². The minimum Gasteiger partial charge on any atom is -0.490 e. The van der Waals surface area contributed by atoms with Crippen molar-refractivity contribution in [1.29, 1.82) is 0 Å². The van der Waals surface area contributed by atoms with E-state index < -0.39 is 0 Å². The summed E-state index contributed by atoms with van der Waals surface area (Å²) in [7, 11) is 0. The van der Waals surface area contributed by atoms with Crippen LogP contribution in [0.5, 0.6) is 5.75 Å². The Bertz CT molecular complexity index is 750. The summed E-state index contributed by atoms with van der Waals surface area (Å²) in [6.45, 7) is 3.78. The molecule has 2 aromatic carbocycles. The third-order valence-corrected chi connectivity index (χ3v) is 4.34. The highest BCUT2D eigenvalue weighted by atomic mass is 79.9. The standard InChI is InChI=1S/C16H13BrCl3NO2/c1-8(2)23-15-4-3-9(17)5-10(15)16(22)21-14-7-12(19)11(18)6-13(14)20/h3-8H,1-2H3,(H,21,22). The van der Waals surface area contributed by atoms with Crippen LogP contribution in [0.1, 0.15) is 24.2 Å². The van der Waals surface area contributed by atoms with Gasteiger partial charge in [0.2, 0.25) is 0 Å². The van der Waals surface area contributed by atoms with Crippen molar-refractivity contribution < 1.29 is 9.53 Å². The van der Waals surface area contributed by atoms with E-state index in [-0.39, 0.29) is 12.0 Å². The number of nitrogens with one attached hydrogen (secondary N) is 1. The highest BCUT2D eigenvalue weighted by molar-refractivity contribution is 9.10. The molecule has 0 saturated heterocycles. The lowest BCUT2D eigenvalue weighted by molar-refractivity contribution is 0.102. The molecule has 0 atom stereocenters. The molecule has 0 heterocycles. The van der Waals surface area contributed by atoms with E-state index in [1.807, 2.05) is 13.8 Å². The van der Waals surface area contributed by atoms with E-state index in [2.05, 4.69) is 21.2 Å². The van der Waals surface area contributed by atoms with Gasteiger partial charge in [-0.2, -0.15) is 0 Å². The zero-order valence-electron chi connectivity index (χ0n) is 12.3. The third kappa shape index (κ3) is 4.77. The van der Waals surface area contributed by atoms with Gasteiger partial charge >= 0.3 is 0 Å². The summed E-state index contributed by atoms with van der Waals surface area (Å²) in [6, 6.07) is 8.20. The second-order valence-electron chi connectivity index (χ2n) is 5.01. The molecule has 0 radical (unpaired) electrons. The summed E-state index contributed by atoms with van der Waals surface area (Å²) in [4.78, 5) is 12.6. The van der Waals surface area contributed by atoms with E-state index in [1.165, 1.54) is 12.1 Å². The first-order chi connectivity index (χ1) is 10.8. The molecule has 2 rings (SSSR count). The monoisotopic (exact) mass is 435 g/mol. The van der Waals surface area contributed by atoms with Gasteiger partial charge in [-0.3, -0.25) is 4.79 Å². The number of halogens is 4. The number of ether oxygens (including phenoxy) is 1. The Labute approximate surface area is 158 Å². The Hall–Kier alpha value is -0.940. The maximum Gasteiger partial charge on any atom is 0.259 e. The van der Waals surface area contributed by atoms with E-state index in [0.29, 0.717) is 32.1 Å². The van der Waals surface area contributed by atoms with Crippen LogP contribution in [0.25, 0.3) is 0 Å². The lowest BCUT2D eigenvalue weighted by atomic mass is 10.1. The quantitative estimate of drug-likeness (QED) is 0.558. The zero-order chi connectivity index (χ0) is 17.1. The van der Waals surface area contributed by atoms with Crippen molar-refractivity contribution in [3.63, 3.8) is 0 Å². The van der Waals surface area contributed by atoms with Gasteiger partial charge in [-0.1, -0.05) is 50.7 Å². The summed E-state index contributed by atoms with van der Waals surface area (Å²) < 4.78 is 6.43. The number of amides is 1. The largest absolute Gasteiger partial charge is 0.490 e. The van der Waals surface area contributed by atoms with E-state index in [1.54, 1.807) is 18.2 Å². The lowest BCUT2D eigenvalue weighted by Crippen LogP contribution is -2.16. The molecule has 2 aromatic rings. The van der Waals surface area contributed by atoms with Gasteiger partial charge in [0.25, 0.3) is 5.91 Å². The first kappa shape index (κ1) is 18.4. The maximum absolute atomic E-state index is 12.6. The molecule has 0 aliphatic heterocycles. The van der Waals surface area contributed by atoms with Crippen molar-refractivity contribution in [2.75, 3.05) is 5.32 Å². The molecular weight excluding hydrogens is 424 g/mol. The van der Waals surface area contributed by atoms with Crippen molar-refractivity contribution in [3.8, 4) is 5.75 Å². The molecule has 0 aliphatic rings. The average molecular weight is 438 g/mol. The summed E-state index contributed by atoms with van der Waals surface area (Å²) in [5, 5.41) is 3.65. The molecule has 23 heavy (non-hydrogen) atoms. The van der Waals surface area contributed by atoms with Crippen LogP contribution in [0, 0.1) is 0 Å². The minimum atomic E-state index is -0.359. The highest BCUT2D eigenvalue weighted by Gasteiger charge is 2.16. The number of hydrogen-bond donors (Lipinski definition) is 1. The van der Waals surface area contributed by atoms with Gasteiger partial charge in [0.1, 0.15) is 5.75 Å². The first-order valence-corrected chi connectivity index (χ1v) is 8.62. The fourth-order valence-corrected chi connectivity index (χ4v) is 2.80. The molecule has 0 aromatic heterocycles. The average Bonchev–Trinajstić information content (AvgIpc) is 2.46. The van der Waals surface area contributed by atoms with Crippen LogP contribution >= 0.6 is 50.7 Å². The van der Waals surface area contributed by atoms with Crippen LogP contribution in [-0.4, -0.2) is 12.0 Å². The molecule has 1 amide bonds. The van der Waals surface area contributed by atoms with Crippen molar-refractivity contribution in [2.45, 2.75) is 20.0 Å². The Morgan fingerprint density at radius 3 is 2.39 bits per heavy atom. The predicted octanol–water partition coefficient (Wildman–Crippen LogP) is 6.45. The number of carbonyl (C=O) groups is 1. The second-order valence-corrected chi connectivity index (χ2v) is 7.14. The molecule has 0 spiro atoms. The molecule has 0 saturated carbocycles. The summed E-state index contributed by atoms with van der Waals surface area (Å²) in [5.41, 5.74) is 0.761. The zero-order valence-corrected chi connectivity index (χ0v) is 16.1. The molecule has 122 valence electrons.